The van der Waals surface area contributed by atoms with Crippen molar-refractivity contribution in [3.8, 4) is 29.1 Å². The van der Waals surface area contributed by atoms with Crippen LogP contribution in [0.15, 0.2) is 72.9 Å². The second-order valence-electron chi connectivity index (χ2n) is 7.10. The standard InChI is InChI=1S/C22H16N4O6S/c23-10-14-4-7-17(11-24-14)32-19-3-1-2-18-20(13-30-22(18)19)31-16-8-5-15(6-9-16)26-12-21(27)25-33(26,28)29/h1-9,11-12,20,25,27H,13H2/t20-/m1/s1. The molecule has 2 aromatic carbocycles. The molecule has 0 fully saturated rings. The van der Waals surface area contributed by atoms with Gasteiger partial charge in [0.25, 0.3) is 0 Å². The van der Waals surface area contributed by atoms with Crippen molar-refractivity contribution in [3.63, 3.8) is 0 Å². The van der Waals surface area contributed by atoms with E-state index in [-0.39, 0.29) is 6.61 Å². The Bertz CT molecular complexity index is 1380. The van der Waals surface area contributed by atoms with Crippen molar-refractivity contribution >= 4 is 15.9 Å². The number of aromatic nitrogens is 1. The predicted molar refractivity (Wildman–Crippen MR) is 116 cm³/mol. The first kappa shape index (κ1) is 20.5. The molecule has 3 aromatic rings. The Kier molecular flexibility index (Phi) is 4.91. The first-order valence-corrected chi connectivity index (χ1v) is 11.2. The molecule has 0 aliphatic carbocycles. The molecule has 0 amide bonds. The van der Waals surface area contributed by atoms with Gasteiger partial charge in [-0.15, -0.1) is 0 Å². The van der Waals surface area contributed by atoms with Crippen molar-refractivity contribution in [1.82, 2.24) is 9.71 Å². The molecule has 3 heterocycles. The van der Waals surface area contributed by atoms with Gasteiger partial charge in [-0.05, 0) is 42.5 Å². The molecular formula is C22H16N4O6S. The number of rotatable bonds is 5. The van der Waals surface area contributed by atoms with E-state index in [4.69, 9.17) is 19.5 Å². The Morgan fingerprint density at radius 1 is 1.15 bits per heavy atom. The van der Waals surface area contributed by atoms with E-state index in [9.17, 15) is 13.5 Å². The normalized spacial score (nSPS) is 17.8. The fourth-order valence-corrected chi connectivity index (χ4v) is 4.49. The first-order chi connectivity index (χ1) is 15.9. The SMILES string of the molecule is N#Cc1ccc(Oc2cccc3c2OC[C@H]3Oc2ccc(N3C=C(O)NS3(=O)=O)cc2)cn1. The Morgan fingerprint density at radius 3 is 2.61 bits per heavy atom. The lowest BCUT2D eigenvalue weighted by Crippen LogP contribution is -2.29. The number of hydrogen-bond acceptors (Lipinski definition) is 8. The minimum absolute atomic E-state index is 0.268. The Hall–Kier alpha value is -4.43. The molecule has 1 aromatic heterocycles. The van der Waals surface area contributed by atoms with Crippen molar-refractivity contribution in [3.05, 3.63) is 84.1 Å². The minimum atomic E-state index is -3.85. The third-order valence-electron chi connectivity index (χ3n) is 4.92. The summed E-state index contributed by atoms with van der Waals surface area (Å²) in [5.74, 6) is 1.58. The van der Waals surface area contributed by atoms with E-state index in [0.717, 1.165) is 16.1 Å². The molecule has 0 saturated heterocycles. The van der Waals surface area contributed by atoms with Crippen LogP contribution < -0.4 is 23.2 Å². The van der Waals surface area contributed by atoms with Gasteiger partial charge in [0, 0.05) is 5.56 Å². The van der Waals surface area contributed by atoms with Crippen molar-refractivity contribution in [2.75, 3.05) is 10.9 Å². The molecule has 0 saturated carbocycles. The van der Waals surface area contributed by atoms with Crippen molar-refractivity contribution < 1.29 is 27.7 Å². The van der Waals surface area contributed by atoms with Crippen LogP contribution in [-0.2, 0) is 10.2 Å². The van der Waals surface area contributed by atoms with Gasteiger partial charge in [-0.3, -0.25) is 0 Å². The molecule has 0 unspecified atom stereocenters. The summed E-state index contributed by atoms with van der Waals surface area (Å²) in [6.07, 6.45) is 2.15. The van der Waals surface area contributed by atoms with Crippen LogP contribution >= 0.6 is 0 Å². The number of anilines is 1. The average molecular weight is 464 g/mol. The van der Waals surface area contributed by atoms with E-state index in [1.165, 1.54) is 6.20 Å². The molecule has 33 heavy (non-hydrogen) atoms. The van der Waals surface area contributed by atoms with E-state index in [1.54, 1.807) is 42.5 Å². The van der Waals surface area contributed by atoms with Crippen LogP contribution in [0.4, 0.5) is 5.69 Å². The zero-order valence-corrected chi connectivity index (χ0v) is 17.7. The van der Waals surface area contributed by atoms with Crippen molar-refractivity contribution in [2.24, 2.45) is 0 Å². The van der Waals surface area contributed by atoms with Gasteiger partial charge < -0.3 is 19.3 Å². The van der Waals surface area contributed by atoms with Crippen LogP contribution in [0.1, 0.15) is 17.4 Å². The molecule has 166 valence electrons. The van der Waals surface area contributed by atoms with E-state index in [1.807, 2.05) is 22.9 Å². The number of fused-ring (bicyclic) bond motifs is 1. The van der Waals surface area contributed by atoms with Crippen LogP contribution in [0, 0.1) is 11.3 Å². The average Bonchev–Trinajstić information content (AvgIpc) is 3.34. The lowest BCUT2D eigenvalue weighted by Gasteiger charge is -2.16. The maximum atomic E-state index is 12.0. The van der Waals surface area contributed by atoms with E-state index < -0.39 is 22.2 Å². The van der Waals surface area contributed by atoms with Gasteiger partial charge in [0.1, 0.15) is 29.9 Å². The zero-order valence-electron chi connectivity index (χ0n) is 16.9. The highest BCUT2D eigenvalue weighted by Crippen LogP contribution is 2.43. The molecule has 0 bridgehead atoms. The smallest absolute Gasteiger partial charge is 0.330 e. The maximum Gasteiger partial charge on any atom is 0.330 e. The summed E-state index contributed by atoms with van der Waals surface area (Å²) in [5, 5.41) is 18.3. The number of aliphatic hydroxyl groups is 1. The lowest BCUT2D eigenvalue weighted by molar-refractivity contribution is 0.162. The van der Waals surface area contributed by atoms with E-state index in [2.05, 4.69) is 4.98 Å². The molecular weight excluding hydrogens is 448 g/mol. The Morgan fingerprint density at radius 2 is 1.94 bits per heavy atom. The van der Waals surface area contributed by atoms with Crippen LogP contribution in [0.3, 0.4) is 0 Å². The third kappa shape index (κ3) is 3.95. The Labute approximate surface area is 189 Å². The summed E-state index contributed by atoms with van der Waals surface area (Å²) in [6.45, 7) is 0.268. The molecule has 2 aliphatic heterocycles. The molecule has 1 atom stereocenters. The van der Waals surface area contributed by atoms with Crippen LogP contribution in [0.5, 0.6) is 23.0 Å². The zero-order chi connectivity index (χ0) is 23.0. The predicted octanol–water partition coefficient (Wildman–Crippen LogP) is 3.27. The Balaban J connectivity index is 1.32. The van der Waals surface area contributed by atoms with Gasteiger partial charge in [-0.2, -0.15) is 13.7 Å². The number of ether oxygens (including phenoxy) is 3. The minimum Gasteiger partial charge on any atom is -0.493 e. The number of para-hydroxylation sites is 1. The van der Waals surface area contributed by atoms with Crippen LogP contribution in [-0.4, -0.2) is 25.1 Å². The second-order valence-corrected chi connectivity index (χ2v) is 8.64. The van der Waals surface area contributed by atoms with Gasteiger partial charge in [-0.1, -0.05) is 12.1 Å². The number of pyridine rings is 1. The van der Waals surface area contributed by atoms with Gasteiger partial charge in [-0.25, -0.2) is 14.0 Å². The summed E-state index contributed by atoms with van der Waals surface area (Å²) in [6, 6.07) is 17.0. The molecule has 10 nitrogen and oxygen atoms in total. The number of nitrogens with zero attached hydrogens (tertiary/aromatic N) is 3. The number of hydrogen-bond donors (Lipinski definition) is 2. The third-order valence-corrected chi connectivity index (χ3v) is 6.22. The number of benzene rings is 2. The van der Waals surface area contributed by atoms with Crippen LogP contribution in [0.25, 0.3) is 0 Å². The number of aliphatic hydroxyl groups excluding tert-OH is 1. The van der Waals surface area contributed by atoms with Crippen molar-refractivity contribution in [1.29, 1.82) is 5.26 Å². The van der Waals surface area contributed by atoms with Crippen LogP contribution in [0.2, 0.25) is 0 Å². The highest BCUT2D eigenvalue weighted by atomic mass is 32.2. The molecule has 2 N–H and O–H groups in total. The van der Waals surface area contributed by atoms with Crippen molar-refractivity contribution in [2.45, 2.75) is 6.10 Å². The molecule has 0 spiro atoms. The summed E-state index contributed by atoms with van der Waals surface area (Å²) in [7, 11) is -3.85. The molecule has 2 aliphatic rings. The summed E-state index contributed by atoms with van der Waals surface area (Å²) in [5.41, 5.74) is 1.44. The van der Waals surface area contributed by atoms with Gasteiger partial charge >= 0.3 is 10.2 Å². The number of nitriles is 1. The second kappa shape index (κ2) is 7.92. The largest absolute Gasteiger partial charge is 0.493 e. The van der Waals surface area contributed by atoms with E-state index >= 15 is 0 Å². The highest BCUT2D eigenvalue weighted by molar-refractivity contribution is 7.91. The highest BCUT2D eigenvalue weighted by Gasteiger charge is 2.30. The summed E-state index contributed by atoms with van der Waals surface area (Å²) in [4.78, 5) is 3.99. The van der Waals surface area contributed by atoms with Gasteiger partial charge in [0.15, 0.2) is 17.6 Å². The lowest BCUT2D eigenvalue weighted by atomic mass is 10.1. The topological polar surface area (TPSA) is 134 Å². The summed E-state index contributed by atoms with van der Waals surface area (Å²) >= 11 is 0. The molecule has 0 radical (unpaired) electrons. The monoisotopic (exact) mass is 464 g/mol. The first-order valence-electron chi connectivity index (χ1n) is 9.72. The molecule has 5 rings (SSSR count). The fourth-order valence-electron chi connectivity index (χ4n) is 3.44. The summed E-state index contributed by atoms with van der Waals surface area (Å²) < 4.78 is 44.7. The quantitative estimate of drug-likeness (QED) is 0.588. The van der Waals surface area contributed by atoms with Gasteiger partial charge in [0.05, 0.1) is 18.1 Å². The van der Waals surface area contributed by atoms with Gasteiger partial charge in [0.2, 0.25) is 5.88 Å². The maximum absolute atomic E-state index is 12.0. The number of nitrogens with one attached hydrogen (secondary N) is 1. The van der Waals surface area contributed by atoms with E-state index in [0.29, 0.717) is 34.4 Å². The molecule has 11 heteroatoms. The fraction of sp³-hybridized carbons (Fsp3) is 0.0909.